The normalized spacial score (nSPS) is 10.6. The van der Waals surface area contributed by atoms with Gasteiger partial charge < -0.3 is 0 Å². The van der Waals surface area contributed by atoms with Gasteiger partial charge in [-0.3, -0.25) is 4.98 Å². The van der Waals surface area contributed by atoms with E-state index in [-0.39, 0.29) is 0 Å². The lowest BCUT2D eigenvalue weighted by Gasteiger charge is -2.00. The fraction of sp³-hybridized carbons (Fsp3) is 0. The number of halogens is 2. The molecule has 0 fully saturated rings. The molecule has 2 aromatic heterocycles. The van der Waals surface area contributed by atoms with Gasteiger partial charge in [0.1, 0.15) is 5.69 Å². The summed E-state index contributed by atoms with van der Waals surface area (Å²) < 4.78 is 0. The lowest BCUT2D eigenvalue weighted by Crippen LogP contribution is -1.98. The summed E-state index contributed by atoms with van der Waals surface area (Å²) in [6.45, 7) is 0. The van der Waals surface area contributed by atoms with Gasteiger partial charge in [-0.05, 0) is 35.5 Å². The van der Waals surface area contributed by atoms with Gasteiger partial charge in [0.05, 0.1) is 15.7 Å². The summed E-state index contributed by atoms with van der Waals surface area (Å²) in [5.41, 5.74) is 1.35. The molecule has 0 aliphatic rings. The Hall–Kier alpha value is -1.98. The molecule has 0 N–H and O–H groups in total. The topological polar surface area (TPSA) is 56.5 Å². The molecule has 2 heterocycles. The summed E-state index contributed by atoms with van der Waals surface area (Å²) in [5, 5.41) is 13.1. The average Bonchev–Trinajstić information content (AvgIpc) is 2.93. The maximum atomic E-state index is 5.95. The van der Waals surface area contributed by atoms with Gasteiger partial charge in [0.25, 0.3) is 0 Å². The summed E-state index contributed by atoms with van der Waals surface area (Å²) in [6, 6.07) is 10.6. The molecular formula is C12H7Cl2N5. The Kier molecular flexibility index (Phi) is 3.15. The van der Waals surface area contributed by atoms with Gasteiger partial charge in [0.2, 0.25) is 5.82 Å². The number of tetrazole rings is 1. The Morgan fingerprint density at radius 1 is 1.00 bits per heavy atom. The maximum absolute atomic E-state index is 5.95. The van der Waals surface area contributed by atoms with E-state index in [1.54, 1.807) is 24.4 Å². The van der Waals surface area contributed by atoms with Crippen molar-refractivity contribution in [2.24, 2.45) is 0 Å². The van der Waals surface area contributed by atoms with Crippen LogP contribution in [0, 0.1) is 0 Å². The third-order valence-electron chi connectivity index (χ3n) is 2.44. The first-order chi connectivity index (χ1) is 9.24. The second-order valence-electron chi connectivity index (χ2n) is 3.72. The molecule has 0 spiro atoms. The smallest absolute Gasteiger partial charge is 0.223 e. The lowest BCUT2D eigenvalue weighted by atomic mass is 10.3. The van der Waals surface area contributed by atoms with Gasteiger partial charge in [-0.25, -0.2) is 0 Å². The lowest BCUT2D eigenvalue weighted by molar-refractivity contribution is 0.720. The molecule has 0 radical (unpaired) electrons. The van der Waals surface area contributed by atoms with Crippen LogP contribution in [0.25, 0.3) is 17.2 Å². The van der Waals surface area contributed by atoms with E-state index in [2.05, 4.69) is 20.4 Å². The molecule has 1 aromatic carbocycles. The summed E-state index contributed by atoms with van der Waals surface area (Å²) in [4.78, 5) is 5.54. The highest BCUT2D eigenvalue weighted by atomic mass is 35.5. The van der Waals surface area contributed by atoms with Crippen LogP contribution in [0.1, 0.15) is 0 Å². The van der Waals surface area contributed by atoms with Crippen molar-refractivity contribution >= 4 is 23.2 Å². The highest BCUT2D eigenvalue weighted by molar-refractivity contribution is 6.42. The Morgan fingerprint density at radius 3 is 2.63 bits per heavy atom. The summed E-state index contributed by atoms with van der Waals surface area (Å²) >= 11 is 11.8. The Labute approximate surface area is 118 Å². The van der Waals surface area contributed by atoms with Crippen molar-refractivity contribution in [3.8, 4) is 17.2 Å². The molecule has 5 nitrogen and oxygen atoms in total. The van der Waals surface area contributed by atoms with Crippen LogP contribution in [-0.4, -0.2) is 25.2 Å². The van der Waals surface area contributed by atoms with Crippen molar-refractivity contribution < 1.29 is 0 Å². The number of hydrogen-bond donors (Lipinski definition) is 0. The number of hydrogen-bond acceptors (Lipinski definition) is 4. The van der Waals surface area contributed by atoms with Crippen LogP contribution in [0.5, 0.6) is 0 Å². The zero-order valence-corrected chi connectivity index (χ0v) is 11.0. The molecule has 0 aliphatic carbocycles. The molecule has 19 heavy (non-hydrogen) atoms. The summed E-state index contributed by atoms with van der Waals surface area (Å²) in [6.07, 6.45) is 1.68. The van der Waals surface area contributed by atoms with E-state index in [0.29, 0.717) is 27.3 Å². The Morgan fingerprint density at radius 2 is 1.89 bits per heavy atom. The second kappa shape index (κ2) is 4.95. The molecule has 3 rings (SSSR count). The van der Waals surface area contributed by atoms with Gasteiger partial charge in [-0.1, -0.05) is 29.3 Å². The van der Waals surface area contributed by atoms with Crippen LogP contribution >= 0.6 is 23.2 Å². The second-order valence-corrected chi connectivity index (χ2v) is 4.53. The number of nitrogens with zero attached hydrogens (tertiary/aromatic N) is 5. The molecule has 0 atom stereocenters. The molecule has 0 saturated carbocycles. The fourth-order valence-corrected chi connectivity index (χ4v) is 1.82. The minimum Gasteiger partial charge on any atom is -0.253 e. The van der Waals surface area contributed by atoms with Crippen molar-refractivity contribution in [1.82, 2.24) is 25.2 Å². The minimum atomic E-state index is 0.441. The number of aromatic nitrogens is 5. The van der Waals surface area contributed by atoms with Crippen molar-refractivity contribution in [2.75, 3.05) is 0 Å². The van der Waals surface area contributed by atoms with E-state index in [0.717, 1.165) is 0 Å². The highest BCUT2D eigenvalue weighted by Crippen LogP contribution is 2.24. The minimum absolute atomic E-state index is 0.441. The fourth-order valence-electron chi connectivity index (χ4n) is 1.53. The van der Waals surface area contributed by atoms with Gasteiger partial charge in [-0.2, -0.15) is 0 Å². The first kappa shape index (κ1) is 12.1. The van der Waals surface area contributed by atoms with Crippen LogP contribution in [0.3, 0.4) is 0 Å². The molecule has 3 aromatic rings. The van der Waals surface area contributed by atoms with Gasteiger partial charge >= 0.3 is 0 Å². The Bertz CT molecular complexity index is 711. The zero-order chi connectivity index (χ0) is 13.2. The number of pyridine rings is 1. The molecule has 0 bridgehead atoms. The van der Waals surface area contributed by atoms with E-state index in [9.17, 15) is 0 Å². The first-order valence-corrected chi connectivity index (χ1v) is 6.16. The third kappa shape index (κ3) is 2.43. The van der Waals surface area contributed by atoms with Crippen molar-refractivity contribution in [3.05, 3.63) is 52.6 Å². The zero-order valence-electron chi connectivity index (χ0n) is 9.53. The van der Waals surface area contributed by atoms with Crippen LogP contribution in [0.2, 0.25) is 10.0 Å². The molecule has 0 saturated heterocycles. The molecule has 94 valence electrons. The molecule has 7 heteroatoms. The number of benzene rings is 1. The van der Waals surface area contributed by atoms with Crippen LogP contribution in [0.4, 0.5) is 0 Å². The van der Waals surface area contributed by atoms with Crippen LogP contribution in [0.15, 0.2) is 42.6 Å². The van der Waals surface area contributed by atoms with E-state index < -0.39 is 0 Å². The summed E-state index contributed by atoms with van der Waals surface area (Å²) in [7, 11) is 0. The average molecular weight is 292 g/mol. The monoisotopic (exact) mass is 291 g/mol. The summed E-state index contributed by atoms with van der Waals surface area (Å²) in [5.74, 6) is 0.451. The quantitative estimate of drug-likeness (QED) is 0.728. The largest absolute Gasteiger partial charge is 0.253 e. The van der Waals surface area contributed by atoms with Crippen LogP contribution in [-0.2, 0) is 0 Å². The van der Waals surface area contributed by atoms with Crippen molar-refractivity contribution in [2.45, 2.75) is 0 Å². The van der Waals surface area contributed by atoms with Crippen molar-refractivity contribution in [1.29, 1.82) is 0 Å². The Balaban J connectivity index is 1.99. The first-order valence-electron chi connectivity index (χ1n) is 5.41. The van der Waals surface area contributed by atoms with E-state index in [1.807, 2.05) is 18.2 Å². The molecule has 0 aliphatic heterocycles. The SMILES string of the molecule is Clc1ccc(-n2nnc(-c3ccccn3)n2)cc1Cl. The van der Waals surface area contributed by atoms with Crippen LogP contribution < -0.4 is 0 Å². The van der Waals surface area contributed by atoms with E-state index in [4.69, 9.17) is 23.2 Å². The maximum Gasteiger partial charge on any atom is 0.223 e. The molecule has 0 amide bonds. The predicted molar refractivity (Wildman–Crippen MR) is 72.4 cm³/mol. The molecular weight excluding hydrogens is 285 g/mol. The van der Waals surface area contributed by atoms with Gasteiger partial charge in [0, 0.05) is 6.20 Å². The van der Waals surface area contributed by atoms with Gasteiger partial charge in [0.15, 0.2) is 0 Å². The molecule has 0 unspecified atom stereocenters. The predicted octanol–water partition coefficient (Wildman–Crippen LogP) is 3.03. The highest BCUT2D eigenvalue weighted by Gasteiger charge is 2.09. The van der Waals surface area contributed by atoms with Crippen molar-refractivity contribution in [3.63, 3.8) is 0 Å². The van der Waals surface area contributed by atoms with E-state index in [1.165, 1.54) is 4.80 Å². The van der Waals surface area contributed by atoms with Gasteiger partial charge in [-0.15, -0.1) is 15.0 Å². The van der Waals surface area contributed by atoms with E-state index >= 15 is 0 Å². The third-order valence-corrected chi connectivity index (χ3v) is 3.18. The number of rotatable bonds is 2. The standard InChI is InChI=1S/C12H7Cl2N5/c13-9-5-4-8(7-10(9)14)19-17-12(16-18-19)11-3-1-2-6-15-11/h1-7H.